The minimum absolute atomic E-state index is 0.647. The molecule has 0 aliphatic heterocycles. The summed E-state index contributed by atoms with van der Waals surface area (Å²) in [6.45, 7) is 8.92. The fourth-order valence-corrected chi connectivity index (χ4v) is 3.64. The van der Waals surface area contributed by atoms with Gasteiger partial charge >= 0.3 is 8.80 Å². The Kier molecular flexibility index (Phi) is 8.08. The third kappa shape index (κ3) is 4.90. The van der Waals surface area contributed by atoms with Crippen LogP contribution in [-0.2, 0) is 13.3 Å². The summed E-state index contributed by atoms with van der Waals surface area (Å²) < 4.78 is 16.7. The Balaban J connectivity index is 4.09. The molecule has 0 aromatic carbocycles. The largest absolute Gasteiger partial charge is 0.500 e. The number of rotatable bonds is 9. The zero-order valence-electron chi connectivity index (χ0n) is 9.54. The maximum atomic E-state index is 5.63. The highest BCUT2D eigenvalue weighted by atomic mass is 28.4. The van der Waals surface area contributed by atoms with Crippen LogP contribution in [0.25, 0.3) is 0 Å². The van der Waals surface area contributed by atoms with E-state index in [-0.39, 0.29) is 0 Å². The van der Waals surface area contributed by atoms with Crippen molar-refractivity contribution >= 4 is 8.80 Å². The first-order valence-electron chi connectivity index (χ1n) is 5.18. The average molecular weight is 218 g/mol. The highest BCUT2D eigenvalue weighted by Crippen LogP contribution is 2.18. The third-order valence-electron chi connectivity index (χ3n) is 1.93. The Morgan fingerprint density at radius 1 is 1.21 bits per heavy atom. The summed E-state index contributed by atoms with van der Waals surface area (Å²) in [5.74, 6) is 0. The molecule has 0 unspecified atom stereocenters. The Morgan fingerprint density at radius 2 is 1.79 bits per heavy atom. The maximum absolute atomic E-state index is 5.63. The van der Waals surface area contributed by atoms with Gasteiger partial charge in [0.2, 0.25) is 0 Å². The molecule has 14 heavy (non-hydrogen) atoms. The zero-order valence-corrected chi connectivity index (χ0v) is 10.5. The second kappa shape index (κ2) is 8.17. The van der Waals surface area contributed by atoms with E-state index in [1.807, 2.05) is 19.9 Å². The summed E-state index contributed by atoms with van der Waals surface area (Å²) in [4.78, 5) is 0. The molecular formula is C10H22O3Si. The maximum Gasteiger partial charge on any atom is 0.500 e. The molecule has 84 valence electrons. The van der Waals surface area contributed by atoms with Crippen molar-refractivity contribution in [1.82, 2.24) is 0 Å². The number of hydrogen-bond acceptors (Lipinski definition) is 3. The van der Waals surface area contributed by atoms with Gasteiger partial charge in [0.25, 0.3) is 0 Å². The fraction of sp³-hybridized carbons (Fsp3) is 0.800. The van der Waals surface area contributed by atoms with E-state index in [1.165, 1.54) is 0 Å². The van der Waals surface area contributed by atoms with Crippen molar-refractivity contribution in [3.63, 3.8) is 0 Å². The van der Waals surface area contributed by atoms with E-state index < -0.39 is 8.80 Å². The van der Waals surface area contributed by atoms with Gasteiger partial charge in [-0.15, -0.1) is 6.58 Å². The first-order valence-corrected chi connectivity index (χ1v) is 7.11. The van der Waals surface area contributed by atoms with Crippen LogP contribution >= 0.6 is 0 Å². The van der Waals surface area contributed by atoms with Crippen LogP contribution in [0.2, 0.25) is 6.04 Å². The van der Waals surface area contributed by atoms with Crippen molar-refractivity contribution in [2.24, 2.45) is 0 Å². The van der Waals surface area contributed by atoms with E-state index in [1.54, 1.807) is 7.11 Å². The van der Waals surface area contributed by atoms with Gasteiger partial charge in [-0.25, -0.2) is 0 Å². The van der Waals surface area contributed by atoms with E-state index >= 15 is 0 Å². The molecule has 0 fully saturated rings. The van der Waals surface area contributed by atoms with Crippen LogP contribution in [-0.4, -0.2) is 29.1 Å². The minimum atomic E-state index is -2.35. The quantitative estimate of drug-likeness (QED) is 0.338. The minimum Gasteiger partial charge on any atom is -0.377 e. The lowest BCUT2D eigenvalue weighted by Crippen LogP contribution is -2.44. The monoisotopic (exact) mass is 218 g/mol. The third-order valence-corrected chi connectivity index (χ3v) is 4.98. The molecule has 0 aliphatic carbocycles. The Labute approximate surface area is 88.4 Å². The summed E-state index contributed by atoms with van der Waals surface area (Å²) in [6, 6.07) is 0.872. The van der Waals surface area contributed by atoms with Crippen molar-refractivity contribution in [3.8, 4) is 0 Å². The molecule has 0 bridgehead atoms. The fourth-order valence-electron chi connectivity index (χ4n) is 1.31. The Morgan fingerprint density at radius 3 is 2.14 bits per heavy atom. The molecule has 0 aromatic heterocycles. The van der Waals surface area contributed by atoms with Gasteiger partial charge in [0.05, 0.1) is 0 Å². The molecule has 0 saturated carbocycles. The van der Waals surface area contributed by atoms with E-state index in [0.717, 1.165) is 18.9 Å². The summed E-state index contributed by atoms with van der Waals surface area (Å²) in [5, 5.41) is 0. The second-order valence-electron chi connectivity index (χ2n) is 2.93. The van der Waals surface area contributed by atoms with Crippen molar-refractivity contribution in [2.75, 3.05) is 20.3 Å². The van der Waals surface area contributed by atoms with Gasteiger partial charge in [-0.2, -0.15) is 0 Å². The second-order valence-corrected chi connectivity index (χ2v) is 5.79. The number of allylic oxidation sites excluding steroid dienone is 1. The first kappa shape index (κ1) is 13.8. The predicted octanol–water partition coefficient (Wildman–Crippen LogP) is 2.61. The molecule has 0 amide bonds. The molecule has 0 heterocycles. The molecule has 0 saturated heterocycles. The zero-order chi connectivity index (χ0) is 10.9. The molecule has 0 spiro atoms. The predicted molar refractivity (Wildman–Crippen MR) is 60.3 cm³/mol. The van der Waals surface area contributed by atoms with Crippen molar-refractivity contribution < 1.29 is 13.3 Å². The van der Waals surface area contributed by atoms with Crippen molar-refractivity contribution in [1.29, 1.82) is 0 Å². The number of hydrogen-bond donors (Lipinski definition) is 0. The summed E-state index contributed by atoms with van der Waals surface area (Å²) in [6.07, 6.45) is 3.91. The summed E-state index contributed by atoms with van der Waals surface area (Å²) in [5.41, 5.74) is 0. The van der Waals surface area contributed by atoms with Gasteiger partial charge in [0.15, 0.2) is 0 Å². The van der Waals surface area contributed by atoms with E-state index in [4.69, 9.17) is 13.3 Å². The lowest BCUT2D eigenvalue weighted by atomic mass is 10.3. The molecule has 0 atom stereocenters. The van der Waals surface area contributed by atoms with Crippen LogP contribution in [0.15, 0.2) is 12.7 Å². The molecule has 0 rings (SSSR count). The standard InChI is InChI=1S/C10H22O3Si/c1-5-8-9-10-14(11-4,12-6-2)13-7-3/h5H,1,6-10H2,2-4H3. The van der Waals surface area contributed by atoms with Crippen LogP contribution < -0.4 is 0 Å². The van der Waals surface area contributed by atoms with Gasteiger partial charge in [-0.3, -0.25) is 0 Å². The van der Waals surface area contributed by atoms with E-state index in [2.05, 4.69) is 6.58 Å². The van der Waals surface area contributed by atoms with Gasteiger partial charge < -0.3 is 13.3 Å². The van der Waals surface area contributed by atoms with E-state index in [9.17, 15) is 0 Å². The Hall–Kier alpha value is -0.163. The van der Waals surface area contributed by atoms with Crippen molar-refractivity contribution in [2.45, 2.75) is 32.7 Å². The highest BCUT2D eigenvalue weighted by Gasteiger charge is 2.38. The van der Waals surface area contributed by atoms with Gasteiger partial charge in [-0.05, 0) is 26.7 Å². The molecule has 0 radical (unpaired) electrons. The van der Waals surface area contributed by atoms with Crippen LogP contribution in [0.5, 0.6) is 0 Å². The molecule has 0 aliphatic rings. The Bertz CT molecular complexity index is 144. The molecule has 0 N–H and O–H groups in total. The average Bonchev–Trinajstić information content (AvgIpc) is 2.19. The smallest absolute Gasteiger partial charge is 0.377 e. The van der Waals surface area contributed by atoms with Crippen LogP contribution in [0.4, 0.5) is 0 Å². The van der Waals surface area contributed by atoms with Gasteiger partial charge in [-0.1, -0.05) is 6.08 Å². The topological polar surface area (TPSA) is 27.7 Å². The molecule has 0 aromatic rings. The van der Waals surface area contributed by atoms with Crippen LogP contribution in [0, 0.1) is 0 Å². The van der Waals surface area contributed by atoms with Gasteiger partial charge in [0.1, 0.15) is 0 Å². The lowest BCUT2D eigenvalue weighted by Gasteiger charge is -2.26. The normalized spacial score (nSPS) is 11.6. The van der Waals surface area contributed by atoms with Crippen LogP contribution in [0.3, 0.4) is 0 Å². The van der Waals surface area contributed by atoms with Gasteiger partial charge in [0, 0.05) is 26.4 Å². The molecule has 3 nitrogen and oxygen atoms in total. The number of unbranched alkanes of at least 4 members (excludes halogenated alkanes) is 1. The lowest BCUT2D eigenvalue weighted by molar-refractivity contribution is 0.0862. The highest BCUT2D eigenvalue weighted by molar-refractivity contribution is 6.60. The first-order chi connectivity index (χ1) is 6.74. The van der Waals surface area contributed by atoms with Crippen molar-refractivity contribution in [3.05, 3.63) is 12.7 Å². The van der Waals surface area contributed by atoms with Crippen LogP contribution in [0.1, 0.15) is 26.7 Å². The summed E-state index contributed by atoms with van der Waals surface area (Å²) >= 11 is 0. The summed E-state index contributed by atoms with van der Waals surface area (Å²) in [7, 11) is -0.682. The molecular weight excluding hydrogens is 196 g/mol. The van der Waals surface area contributed by atoms with E-state index in [0.29, 0.717) is 13.2 Å². The molecule has 4 heteroatoms. The SMILES string of the molecule is C=CCCC[Si](OC)(OCC)OCC.